The Kier molecular flexibility index (Phi) is 6.97. The lowest BCUT2D eigenvalue weighted by Gasteiger charge is -2.09. The fourth-order valence-electron chi connectivity index (χ4n) is 1.89. The van der Waals surface area contributed by atoms with Crippen LogP contribution in [0.15, 0.2) is 41.1 Å². The van der Waals surface area contributed by atoms with Gasteiger partial charge in [-0.15, -0.1) is 0 Å². The first-order valence-corrected chi connectivity index (χ1v) is 8.62. The summed E-state index contributed by atoms with van der Waals surface area (Å²) < 4.78 is 5.32. The van der Waals surface area contributed by atoms with Crippen LogP contribution in [0.2, 0.25) is 0 Å². The lowest BCUT2D eigenvalue weighted by molar-refractivity contribution is -0.123. The number of benzene rings is 1. The van der Waals surface area contributed by atoms with Gasteiger partial charge in [-0.25, -0.2) is 0 Å². The Balaban J connectivity index is 1.75. The summed E-state index contributed by atoms with van der Waals surface area (Å²) in [5.74, 6) is -0.290. The van der Waals surface area contributed by atoms with Crippen molar-refractivity contribution in [2.24, 2.45) is 0 Å². The van der Waals surface area contributed by atoms with E-state index >= 15 is 0 Å². The molecule has 2 aromatic rings. The first-order valence-electron chi connectivity index (χ1n) is 7.68. The van der Waals surface area contributed by atoms with Crippen LogP contribution in [-0.2, 0) is 9.59 Å². The molecule has 0 bridgehead atoms. The molecule has 0 fully saturated rings. The van der Waals surface area contributed by atoms with Crippen LogP contribution in [0.1, 0.15) is 17.3 Å². The van der Waals surface area contributed by atoms with Crippen molar-refractivity contribution in [2.75, 3.05) is 25.0 Å². The second kappa shape index (κ2) is 9.43. The average Bonchev–Trinajstić information content (AvgIpc) is 3.14. The Bertz CT molecular complexity index is 714. The molecule has 1 aromatic heterocycles. The summed E-state index contributed by atoms with van der Waals surface area (Å²) in [6.07, 6.45) is 0. The third-order valence-corrected chi connectivity index (χ3v) is 3.76. The molecule has 132 valence electrons. The molecule has 0 aliphatic heterocycles. The monoisotopic (exact) mass is 361 g/mol. The van der Waals surface area contributed by atoms with Crippen LogP contribution >= 0.6 is 11.3 Å². The predicted molar refractivity (Wildman–Crippen MR) is 95.9 cm³/mol. The van der Waals surface area contributed by atoms with Gasteiger partial charge in [-0.2, -0.15) is 11.3 Å². The second-order valence-corrected chi connectivity index (χ2v) is 5.79. The molecular weight excluding hydrogens is 342 g/mol. The quantitative estimate of drug-likeness (QED) is 0.666. The molecule has 0 aliphatic carbocycles. The van der Waals surface area contributed by atoms with Crippen LogP contribution in [0, 0.1) is 0 Å². The maximum atomic E-state index is 11.9. The predicted octanol–water partition coefficient (Wildman–Crippen LogP) is 1.63. The first-order chi connectivity index (χ1) is 12.1. The highest BCUT2D eigenvalue weighted by Crippen LogP contribution is 2.15. The van der Waals surface area contributed by atoms with E-state index < -0.39 is 0 Å². The van der Waals surface area contributed by atoms with E-state index in [2.05, 4.69) is 16.0 Å². The molecule has 25 heavy (non-hydrogen) atoms. The molecular formula is C17H19N3O4S. The largest absolute Gasteiger partial charge is 0.484 e. The Morgan fingerprint density at radius 1 is 1.04 bits per heavy atom. The zero-order chi connectivity index (χ0) is 18.1. The summed E-state index contributed by atoms with van der Waals surface area (Å²) >= 11 is 1.42. The molecule has 1 heterocycles. The van der Waals surface area contributed by atoms with Crippen LogP contribution in [0.25, 0.3) is 0 Å². The molecule has 7 nitrogen and oxygen atoms in total. The van der Waals surface area contributed by atoms with Crippen molar-refractivity contribution in [1.29, 1.82) is 0 Å². The number of thiophene rings is 1. The Hall–Kier alpha value is -2.87. The summed E-state index contributed by atoms with van der Waals surface area (Å²) in [6.45, 7) is 2.20. The van der Waals surface area contributed by atoms with Gasteiger partial charge in [-0.1, -0.05) is 0 Å². The van der Waals surface area contributed by atoms with Gasteiger partial charge in [0.25, 0.3) is 11.8 Å². The van der Waals surface area contributed by atoms with Crippen molar-refractivity contribution in [3.05, 3.63) is 46.7 Å². The molecule has 3 amide bonds. The molecule has 0 saturated heterocycles. The normalized spacial score (nSPS) is 9.96. The number of carbonyl (C=O) groups excluding carboxylic acids is 3. The molecule has 3 N–H and O–H groups in total. The Morgan fingerprint density at radius 3 is 2.44 bits per heavy atom. The number of rotatable bonds is 8. The summed E-state index contributed by atoms with van der Waals surface area (Å²) in [5.41, 5.74) is 1.10. The molecule has 1 aromatic carbocycles. The van der Waals surface area contributed by atoms with Crippen molar-refractivity contribution in [1.82, 2.24) is 10.6 Å². The standard InChI is InChI=1S/C17H19N3O4S/c1-2-18-16(22)10-24-14-5-3-13(4-6-14)20-15(21)9-19-17(23)12-7-8-25-11-12/h3-8,11H,2,9-10H2,1H3,(H,18,22)(H,19,23)(H,20,21). The zero-order valence-corrected chi connectivity index (χ0v) is 14.5. The van der Waals surface area contributed by atoms with Crippen LogP contribution in [0.3, 0.4) is 0 Å². The molecule has 0 radical (unpaired) electrons. The lowest BCUT2D eigenvalue weighted by Crippen LogP contribution is -2.32. The van der Waals surface area contributed by atoms with Gasteiger partial charge in [-0.3, -0.25) is 14.4 Å². The second-order valence-electron chi connectivity index (χ2n) is 5.01. The number of carbonyl (C=O) groups is 3. The third kappa shape index (κ3) is 6.27. The molecule has 0 saturated carbocycles. The topological polar surface area (TPSA) is 96.5 Å². The molecule has 8 heteroatoms. The number of likely N-dealkylation sites (N-methyl/N-ethyl adjacent to an activating group) is 1. The van der Waals surface area contributed by atoms with Crippen molar-refractivity contribution < 1.29 is 19.1 Å². The van der Waals surface area contributed by atoms with Gasteiger partial charge in [0.15, 0.2) is 6.61 Å². The number of hydrogen-bond acceptors (Lipinski definition) is 5. The van der Waals surface area contributed by atoms with E-state index in [0.29, 0.717) is 23.5 Å². The van der Waals surface area contributed by atoms with Gasteiger partial charge in [-0.05, 0) is 42.6 Å². The Morgan fingerprint density at radius 2 is 1.80 bits per heavy atom. The van der Waals surface area contributed by atoms with Gasteiger partial charge in [0, 0.05) is 23.2 Å². The van der Waals surface area contributed by atoms with Gasteiger partial charge in [0.1, 0.15) is 5.75 Å². The summed E-state index contributed by atoms with van der Waals surface area (Å²) in [4.78, 5) is 34.9. The number of amides is 3. The number of anilines is 1. The minimum absolute atomic E-state index is 0.0613. The molecule has 2 rings (SSSR count). The van der Waals surface area contributed by atoms with Crippen LogP contribution in [-0.4, -0.2) is 37.4 Å². The maximum Gasteiger partial charge on any atom is 0.257 e. The third-order valence-electron chi connectivity index (χ3n) is 3.07. The van der Waals surface area contributed by atoms with Crippen molar-refractivity contribution in [2.45, 2.75) is 6.92 Å². The molecule has 0 aliphatic rings. The van der Waals surface area contributed by atoms with Crippen molar-refractivity contribution in [3.63, 3.8) is 0 Å². The van der Waals surface area contributed by atoms with Gasteiger partial charge in [0.2, 0.25) is 5.91 Å². The SMILES string of the molecule is CCNC(=O)COc1ccc(NC(=O)CNC(=O)c2ccsc2)cc1. The van der Waals surface area contributed by atoms with Gasteiger partial charge in [0.05, 0.1) is 6.54 Å². The number of hydrogen-bond donors (Lipinski definition) is 3. The van der Waals surface area contributed by atoms with Crippen molar-refractivity contribution >= 4 is 34.7 Å². The fourth-order valence-corrected chi connectivity index (χ4v) is 2.53. The van der Waals surface area contributed by atoms with E-state index in [1.165, 1.54) is 11.3 Å². The summed E-state index contributed by atoms with van der Waals surface area (Å²) in [6, 6.07) is 8.31. The zero-order valence-electron chi connectivity index (χ0n) is 13.7. The summed E-state index contributed by atoms with van der Waals surface area (Å²) in [7, 11) is 0. The molecule has 0 spiro atoms. The average molecular weight is 361 g/mol. The number of ether oxygens (including phenoxy) is 1. The lowest BCUT2D eigenvalue weighted by atomic mass is 10.3. The van der Waals surface area contributed by atoms with Gasteiger partial charge < -0.3 is 20.7 Å². The number of nitrogens with one attached hydrogen (secondary N) is 3. The van der Waals surface area contributed by atoms with E-state index in [1.807, 2.05) is 6.92 Å². The van der Waals surface area contributed by atoms with E-state index in [4.69, 9.17) is 4.74 Å². The van der Waals surface area contributed by atoms with Crippen molar-refractivity contribution in [3.8, 4) is 5.75 Å². The summed E-state index contributed by atoms with van der Waals surface area (Å²) in [5, 5.41) is 11.4. The van der Waals surface area contributed by atoms with E-state index in [9.17, 15) is 14.4 Å². The van der Waals surface area contributed by atoms with Crippen LogP contribution in [0.5, 0.6) is 5.75 Å². The first kappa shape index (κ1) is 18.5. The minimum atomic E-state index is -0.334. The van der Waals surface area contributed by atoms with Gasteiger partial charge >= 0.3 is 0 Å². The maximum absolute atomic E-state index is 11.9. The van der Waals surface area contributed by atoms with E-state index in [1.54, 1.807) is 41.1 Å². The highest BCUT2D eigenvalue weighted by Gasteiger charge is 2.08. The smallest absolute Gasteiger partial charge is 0.257 e. The van der Waals surface area contributed by atoms with E-state index in [0.717, 1.165) is 0 Å². The molecule has 0 unspecified atom stereocenters. The van der Waals surface area contributed by atoms with Crippen LogP contribution < -0.4 is 20.7 Å². The fraction of sp³-hybridized carbons (Fsp3) is 0.235. The molecule has 0 atom stereocenters. The highest BCUT2D eigenvalue weighted by atomic mass is 32.1. The Labute approximate surface area is 149 Å². The van der Waals surface area contributed by atoms with E-state index in [-0.39, 0.29) is 30.9 Å². The van der Waals surface area contributed by atoms with Crippen LogP contribution in [0.4, 0.5) is 5.69 Å². The minimum Gasteiger partial charge on any atom is -0.484 e. The highest BCUT2D eigenvalue weighted by molar-refractivity contribution is 7.08.